The van der Waals surface area contributed by atoms with E-state index in [0.717, 1.165) is 5.69 Å². The van der Waals surface area contributed by atoms with Crippen molar-refractivity contribution in [1.29, 1.82) is 0 Å². The number of halogens is 2. The van der Waals surface area contributed by atoms with Crippen LogP contribution >= 0.6 is 23.2 Å². The summed E-state index contributed by atoms with van der Waals surface area (Å²) >= 11 is 12.0. The van der Waals surface area contributed by atoms with Crippen LogP contribution in [0.15, 0.2) is 30.3 Å². The zero-order valence-electron chi connectivity index (χ0n) is 9.27. The largest absolute Gasteiger partial charge is 0.386 e. The van der Waals surface area contributed by atoms with Gasteiger partial charge in [-0.15, -0.1) is 0 Å². The highest BCUT2D eigenvalue weighted by atomic mass is 35.5. The van der Waals surface area contributed by atoms with E-state index in [4.69, 9.17) is 23.2 Å². The van der Waals surface area contributed by atoms with Crippen molar-refractivity contribution >= 4 is 23.2 Å². The Hall–Kier alpha value is -1.03. The highest BCUT2D eigenvalue weighted by molar-refractivity contribution is 6.31. The van der Waals surface area contributed by atoms with Gasteiger partial charge < -0.3 is 5.11 Å². The predicted molar refractivity (Wildman–Crippen MR) is 68.4 cm³/mol. The average molecular weight is 271 g/mol. The van der Waals surface area contributed by atoms with Crippen LogP contribution in [0.4, 0.5) is 0 Å². The Labute approximate surface area is 110 Å². The van der Waals surface area contributed by atoms with Crippen molar-refractivity contribution in [3.8, 4) is 0 Å². The molecule has 1 unspecified atom stereocenters. The van der Waals surface area contributed by atoms with E-state index in [0.29, 0.717) is 15.7 Å². The van der Waals surface area contributed by atoms with Crippen LogP contribution in [0.3, 0.4) is 0 Å². The van der Waals surface area contributed by atoms with Crippen LogP contribution in [-0.2, 0) is 6.54 Å². The van der Waals surface area contributed by atoms with Crippen LogP contribution in [0.1, 0.15) is 17.4 Å². The average Bonchev–Trinajstić information content (AvgIpc) is 2.58. The summed E-state index contributed by atoms with van der Waals surface area (Å²) in [5.41, 5.74) is 1.50. The first-order chi connectivity index (χ1) is 8.08. The number of hydrogen-bond donors (Lipinski definition) is 1. The lowest BCUT2D eigenvalue weighted by Gasteiger charge is -2.13. The minimum absolute atomic E-state index is 0.288. The molecule has 17 heavy (non-hydrogen) atoms. The SMILES string of the molecule is Cc1cc(Cl)n(CC(O)c2ccccc2Cl)n1. The van der Waals surface area contributed by atoms with E-state index < -0.39 is 6.10 Å². The molecule has 0 saturated heterocycles. The summed E-state index contributed by atoms with van der Waals surface area (Å²) in [5.74, 6) is 0. The van der Waals surface area contributed by atoms with E-state index in [1.807, 2.05) is 19.1 Å². The minimum atomic E-state index is -0.722. The lowest BCUT2D eigenvalue weighted by atomic mass is 10.1. The number of aryl methyl sites for hydroxylation is 1. The van der Waals surface area contributed by atoms with E-state index in [1.165, 1.54) is 0 Å². The number of aliphatic hydroxyl groups excluding tert-OH is 1. The van der Waals surface area contributed by atoms with Crippen LogP contribution in [0.5, 0.6) is 0 Å². The third kappa shape index (κ3) is 2.80. The van der Waals surface area contributed by atoms with Crippen molar-refractivity contribution in [1.82, 2.24) is 9.78 Å². The Bertz CT molecular complexity index is 525. The molecule has 0 bridgehead atoms. The molecule has 0 radical (unpaired) electrons. The summed E-state index contributed by atoms with van der Waals surface area (Å²) in [6.07, 6.45) is -0.722. The van der Waals surface area contributed by atoms with Gasteiger partial charge >= 0.3 is 0 Å². The van der Waals surface area contributed by atoms with Gasteiger partial charge in [0.15, 0.2) is 0 Å². The monoisotopic (exact) mass is 270 g/mol. The number of benzene rings is 1. The molecule has 5 heteroatoms. The number of hydrogen-bond acceptors (Lipinski definition) is 2. The smallest absolute Gasteiger partial charge is 0.127 e. The van der Waals surface area contributed by atoms with E-state index in [9.17, 15) is 5.11 Å². The Morgan fingerprint density at radius 2 is 2.06 bits per heavy atom. The number of nitrogens with zero attached hydrogens (tertiary/aromatic N) is 2. The second-order valence-corrected chi connectivity index (χ2v) is 4.62. The molecule has 1 aromatic heterocycles. The number of aliphatic hydroxyl groups is 1. The van der Waals surface area contributed by atoms with Crippen molar-refractivity contribution < 1.29 is 5.11 Å². The van der Waals surface area contributed by atoms with Crippen molar-refractivity contribution in [2.24, 2.45) is 0 Å². The van der Waals surface area contributed by atoms with Gasteiger partial charge in [-0.2, -0.15) is 5.10 Å². The number of aromatic nitrogens is 2. The predicted octanol–water partition coefficient (Wildman–Crippen LogP) is 3.23. The Kier molecular flexibility index (Phi) is 3.72. The lowest BCUT2D eigenvalue weighted by Crippen LogP contribution is -2.10. The summed E-state index contributed by atoms with van der Waals surface area (Å²) in [4.78, 5) is 0. The summed E-state index contributed by atoms with van der Waals surface area (Å²) < 4.78 is 1.56. The maximum atomic E-state index is 10.1. The summed E-state index contributed by atoms with van der Waals surface area (Å²) in [7, 11) is 0. The van der Waals surface area contributed by atoms with Gasteiger partial charge in [0.25, 0.3) is 0 Å². The first kappa shape index (κ1) is 12.4. The van der Waals surface area contributed by atoms with E-state index in [-0.39, 0.29) is 6.54 Å². The zero-order chi connectivity index (χ0) is 12.4. The third-order valence-corrected chi connectivity index (χ3v) is 3.11. The molecule has 0 amide bonds. The van der Waals surface area contributed by atoms with Crippen LogP contribution in [0.25, 0.3) is 0 Å². The van der Waals surface area contributed by atoms with Crippen molar-refractivity contribution in [3.63, 3.8) is 0 Å². The first-order valence-electron chi connectivity index (χ1n) is 5.20. The van der Waals surface area contributed by atoms with Gasteiger partial charge in [-0.1, -0.05) is 41.4 Å². The van der Waals surface area contributed by atoms with Crippen molar-refractivity contribution in [3.05, 3.63) is 51.8 Å². The van der Waals surface area contributed by atoms with Crippen molar-refractivity contribution in [2.75, 3.05) is 0 Å². The van der Waals surface area contributed by atoms with E-state index >= 15 is 0 Å². The summed E-state index contributed by atoms with van der Waals surface area (Å²) in [6.45, 7) is 2.14. The quantitative estimate of drug-likeness (QED) is 0.930. The molecule has 0 fully saturated rings. The molecule has 2 rings (SSSR count). The number of rotatable bonds is 3. The maximum Gasteiger partial charge on any atom is 0.127 e. The molecule has 2 aromatic rings. The Morgan fingerprint density at radius 1 is 1.35 bits per heavy atom. The Morgan fingerprint density at radius 3 is 2.65 bits per heavy atom. The summed E-state index contributed by atoms with van der Waals surface area (Å²) in [5, 5.41) is 15.3. The minimum Gasteiger partial charge on any atom is -0.386 e. The van der Waals surface area contributed by atoms with Gasteiger partial charge in [0.05, 0.1) is 12.2 Å². The molecule has 0 aliphatic rings. The zero-order valence-corrected chi connectivity index (χ0v) is 10.8. The van der Waals surface area contributed by atoms with Gasteiger partial charge in [-0.05, 0) is 19.1 Å². The summed E-state index contributed by atoms with van der Waals surface area (Å²) in [6, 6.07) is 8.94. The highest BCUT2D eigenvalue weighted by Gasteiger charge is 2.14. The second-order valence-electron chi connectivity index (χ2n) is 3.83. The standard InChI is InChI=1S/C12H12Cl2N2O/c1-8-6-12(14)16(15-8)7-11(17)9-4-2-3-5-10(9)13/h2-6,11,17H,7H2,1H3. The molecule has 1 N–H and O–H groups in total. The van der Waals surface area contributed by atoms with Crippen molar-refractivity contribution in [2.45, 2.75) is 19.6 Å². The van der Waals surface area contributed by atoms with E-state index in [2.05, 4.69) is 5.10 Å². The molecule has 3 nitrogen and oxygen atoms in total. The fraction of sp³-hybridized carbons (Fsp3) is 0.250. The van der Waals surface area contributed by atoms with E-state index in [1.54, 1.807) is 22.9 Å². The van der Waals surface area contributed by atoms with Crippen LogP contribution in [-0.4, -0.2) is 14.9 Å². The van der Waals surface area contributed by atoms with Crippen LogP contribution in [0, 0.1) is 6.92 Å². The molecule has 0 aliphatic heterocycles. The van der Waals surface area contributed by atoms with Gasteiger partial charge in [-0.3, -0.25) is 4.68 Å². The molecule has 90 valence electrons. The molecule has 0 aliphatic carbocycles. The fourth-order valence-electron chi connectivity index (χ4n) is 1.65. The second kappa shape index (κ2) is 5.08. The third-order valence-electron chi connectivity index (χ3n) is 2.46. The highest BCUT2D eigenvalue weighted by Crippen LogP contribution is 2.24. The van der Waals surface area contributed by atoms with Crippen LogP contribution in [0.2, 0.25) is 10.2 Å². The topological polar surface area (TPSA) is 38.0 Å². The van der Waals surface area contributed by atoms with Gasteiger partial charge in [0, 0.05) is 10.6 Å². The van der Waals surface area contributed by atoms with Gasteiger partial charge in [0.1, 0.15) is 11.3 Å². The van der Waals surface area contributed by atoms with Gasteiger partial charge in [-0.25, -0.2) is 0 Å². The maximum absolute atomic E-state index is 10.1. The molecular weight excluding hydrogens is 259 g/mol. The van der Waals surface area contributed by atoms with Gasteiger partial charge in [0.2, 0.25) is 0 Å². The molecule has 1 aromatic carbocycles. The molecule has 1 atom stereocenters. The molecular formula is C12H12Cl2N2O. The molecule has 0 spiro atoms. The Balaban J connectivity index is 2.20. The molecule has 1 heterocycles. The molecule has 0 saturated carbocycles. The fourth-order valence-corrected chi connectivity index (χ4v) is 2.18. The normalized spacial score (nSPS) is 12.7. The first-order valence-corrected chi connectivity index (χ1v) is 5.96. The lowest BCUT2D eigenvalue weighted by molar-refractivity contribution is 0.151. The van der Waals surface area contributed by atoms with Crippen LogP contribution < -0.4 is 0 Å².